The summed E-state index contributed by atoms with van der Waals surface area (Å²) in [7, 11) is 3.00. The van der Waals surface area contributed by atoms with Gasteiger partial charge in [-0.3, -0.25) is 9.59 Å². The molecule has 3 aromatic rings. The van der Waals surface area contributed by atoms with Crippen LogP contribution < -0.4 is 19.7 Å². The minimum absolute atomic E-state index is 0.00191. The Labute approximate surface area is 216 Å². The third-order valence-corrected chi connectivity index (χ3v) is 6.07. The Balaban J connectivity index is 1.57. The Morgan fingerprint density at radius 2 is 1.61 bits per heavy atom. The predicted octanol–water partition coefficient (Wildman–Crippen LogP) is 4.53. The predicted molar refractivity (Wildman–Crippen MR) is 133 cm³/mol. The molecule has 1 aliphatic rings. The molecule has 4 rings (SSSR count). The van der Waals surface area contributed by atoms with Crippen molar-refractivity contribution in [2.45, 2.75) is 18.9 Å². The van der Waals surface area contributed by atoms with Gasteiger partial charge in [-0.25, -0.2) is 22.9 Å². The fourth-order valence-electron chi connectivity index (χ4n) is 4.16. The van der Waals surface area contributed by atoms with Crippen LogP contribution >= 0.6 is 0 Å². The molecule has 1 saturated heterocycles. The summed E-state index contributed by atoms with van der Waals surface area (Å²) in [5.74, 6) is -3.10. The molecule has 0 bridgehead atoms. The number of hydrogen-bond donors (Lipinski definition) is 1. The van der Waals surface area contributed by atoms with E-state index >= 15 is 0 Å². The van der Waals surface area contributed by atoms with Gasteiger partial charge in [0.05, 0.1) is 26.3 Å². The Hall–Kier alpha value is -4.54. The Kier molecular flexibility index (Phi) is 7.85. The minimum atomic E-state index is -1.18. The second kappa shape index (κ2) is 11.2. The summed E-state index contributed by atoms with van der Waals surface area (Å²) in [6.45, 7) is 0.0703. The maximum Gasteiger partial charge on any atom is 0.332 e. The zero-order chi connectivity index (χ0) is 27.4. The SMILES string of the molecule is COc1ccc(CCN2C(=O)N(c3ccc(F)cc3)C(=O)[C@@H]2CC(=O)Nc2ccc(F)c(F)c2)cc1OC. The highest BCUT2D eigenvalue weighted by Crippen LogP contribution is 2.30. The zero-order valence-electron chi connectivity index (χ0n) is 20.5. The Morgan fingerprint density at radius 3 is 2.26 bits per heavy atom. The number of imide groups is 1. The van der Waals surface area contributed by atoms with Crippen LogP contribution in [0.15, 0.2) is 60.7 Å². The van der Waals surface area contributed by atoms with Gasteiger partial charge >= 0.3 is 6.03 Å². The standard InChI is InChI=1S/C27H24F3N3O5/c1-37-23-10-3-16(13-24(23)38-2)11-12-32-22(15-25(34)31-18-6-9-20(29)21(30)14-18)26(35)33(27(32)36)19-7-4-17(28)5-8-19/h3-10,13-14,22H,11-12,15H2,1-2H3,(H,31,34)/t22-/m0/s1. The maximum absolute atomic E-state index is 13.6. The summed E-state index contributed by atoms with van der Waals surface area (Å²) in [4.78, 5) is 41.6. The van der Waals surface area contributed by atoms with E-state index in [4.69, 9.17) is 9.47 Å². The molecule has 0 saturated carbocycles. The lowest BCUT2D eigenvalue weighted by Gasteiger charge is -2.22. The largest absolute Gasteiger partial charge is 0.493 e. The molecule has 0 radical (unpaired) electrons. The number of anilines is 2. The van der Waals surface area contributed by atoms with Crippen LogP contribution in [0.4, 0.5) is 29.3 Å². The summed E-state index contributed by atoms with van der Waals surface area (Å²) in [5.41, 5.74) is 0.937. The van der Waals surface area contributed by atoms with Gasteiger partial charge in [0.15, 0.2) is 23.1 Å². The molecule has 1 aliphatic heterocycles. The molecule has 11 heteroatoms. The molecule has 0 spiro atoms. The van der Waals surface area contributed by atoms with Crippen molar-refractivity contribution in [1.29, 1.82) is 0 Å². The first-order valence-corrected chi connectivity index (χ1v) is 11.6. The lowest BCUT2D eigenvalue weighted by atomic mass is 10.1. The van der Waals surface area contributed by atoms with Gasteiger partial charge in [-0.1, -0.05) is 6.07 Å². The van der Waals surface area contributed by atoms with Gasteiger partial charge in [0.25, 0.3) is 5.91 Å². The van der Waals surface area contributed by atoms with Gasteiger partial charge in [-0.15, -0.1) is 0 Å². The summed E-state index contributed by atoms with van der Waals surface area (Å²) in [6.07, 6.45) is -0.120. The first kappa shape index (κ1) is 26.5. The highest BCUT2D eigenvalue weighted by atomic mass is 19.2. The van der Waals surface area contributed by atoms with Crippen LogP contribution in [-0.2, 0) is 16.0 Å². The summed E-state index contributed by atoms with van der Waals surface area (Å²) < 4.78 is 50.8. The van der Waals surface area contributed by atoms with E-state index in [2.05, 4.69) is 5.32 Å². The maximum atomic E-state index is 13.6. The van der Waals surface area contributed by atoms with Crippen LogP contribution in [0, 0.1) is 17.5 Å². The average Bonchev–Trinajstić information content (AvgIpc) is 3.13. The monoisotopic (exact) mass is 527 g/mol. The van der Waals surface area contributed by atoms with Crippen LogP contribution in [0.5, 0.6) is 11.5 Å². The molecule has 1 fully saturated rings. The number of amides is 4. The molecule has 0 unspecified atom stereocenters. The van der Waals surface area contributed by atoms with Gasteiger partial charge in [0.2, 0.25) is 5.91 Å². The topological polar surface area (TPSA) is 88.2 Å². The first-order chi connectivity index (χ1) is 18.2. The molecular weight excluding hydrogens is 503 g/mol. The summed E-state index contributed by atoms with van der Waals surface area (Å²) in [5, 5.41) is 2.42. The number of rotatable bonds is 9. The third kappa shape index (κ3) is 5.56. The van der Waals surface area contributed by atoms with Crippen molar-refractivity contribution in [3.05, 3.63) is 83.7 Å². The molecule has 198 valence electrons. The molecule has 4 amide bonds. The van der Waals surface area contributed by atoms with E-state index in [9.17, 15) is 27.6 Å². The number of hydrogen-bond acceptors (Lipinski definition) is 5. The fraction of sp³-hybridized carbons (Fsp3) is 0.222. The van der Waals surface area contributed by atoms with Crippen molar-refractivity contribution in [1.82, 2.24) is 4.90 Å². The van der Waals surface area contributed by atoms with Gasteiger partial charge in [-0.2, -0.15) is 0 Å². The summed E-state index contributed by atoms with van der Waals surface area (Å²) in [6, 6.07) is 11.1. The molecule has 8 nitrogen and oxygen atoms in total. The van der Waals surface area contributed by atoms with Crippen molar-refractivity contribution in [3.63, 3.8) is 0 Å². The number of benzene rings is 3. The van der Waals surface area contributed by atoms with Crippen molar-refractivity contribution in [2.75, 3.05) is 31.0 Å². The van der Waals surface area contributed by atoms with Crippen molar-refractivity contribution >= 4 is 29.2 Å². The van der Waals surface area contributed by atoms with Crippen LogP contribution in [0.2, 0.25) is 0 Å². The van der Waals surface area contributed by atoms with Crippen LogP contribution in [0.1, 0.15) is 12.0 Å². The van der Waals surface area contributed by atoms with Crippen molar-refractivity contribution < 1.29 is 37.0 Å². The van der Waals surface area contributed by atoms with E-state index in [0.717, 1.165) is 34.7 Å². The average molecular weight is 527 g/mol. The van der Waals surface area contributed by atoms with E-state index in [-0.39, 0.29) is 17.9 Å². The molecular formula is C27H24F3N3O5. The van der Waals surface area contributed by atoms with Crippen molar-refractivity contribution in [3.8, 4) is 11.5 Å². The second-order valence-corrected chi connectivity index (χ2v) is 8.46. The van der Waals surface area contributed by atoms with E-state index in [0.29, 0.717) is 17.9 Å². The van der Waals surface area contributed by atoms with Crippen LogP contribution in [-0.4, -0.2) is 49.6 Å². The quantitative estimate of drug-likeness (QED) is 0.413. The second-order valence-electron chi connectivity index (χ2n) is 8.46. The highest BCUT2D eigenvalue weighted by Gasteiger charge is 2.46. The first-order valence-electron chi connectivity index (χ1n) is 11.6. The van der Waals surface area contributed by atoms with Gasteiger partial charge in [0, 0.05) is 18.3 Å². The van der Waals surface area contributed by atoms with Crippen LogP contribution in [0.25, 0.3) is 0 Å². The smallest absolute Gasteiger partial charge is 0.332 e. The molecule has 1 heterocycles. The van der Waals surface area contributed by atoms with Gasteiger partial charge < -0.3 is 19.7 Å². The Morgan fingerprint density at radius 1 is 0.895 bits per heavy atom. The third-order valence-electron chi connectivity index (χ3n) is 6.07. The number of carbonyl (C=O) groups is 3. The molecule has 3 aromatic carbocycles. The van der Waals surface area contributed by atoms with Crippen molar-refractivity contribution in [2.24, 2.45) is 0 Å². The highest BCUT2D eigenvalue weighted by molar-refractivity contribution is 6.22. The van der Waals surface area contributed by atoms with Crippen LogP contribution in [0.3, 0.4) is 0 Å². The van der Waals surface area contributed by atoms with E-state index < -0.39 is 47.8 Å². The number of methoxy groups -OCH3 is 2. The number of nitrogens with zero attached hydrogens (tertiary/aromatic N) is 2. The number of carbonyl (C=O) groups excluding carboxylic acids is 3. The lowest BCUT2D eigenvalue weighted by Crippen LogP contribution is -2.39. The normalized spacial score (nSPS) is 15.1. The molecule has 1 N–H and O–H groups in total. The van der Waals surface area contributed by atoms with Gasteiger partial charge in [-0.05, 0) is 60.5 Å². The van der Waals surface area contributed by atoms with E-state index in [1.54, 1.807) is 18.2 Å². The molecule has 1 atom stereocenters. The number of ether oxygens (including phenoxy) is 2. The number of urea groups is 1. The minimum Gasteiger partial charge on any atom is -0.493 e. The molecule has 38 heavy (non-hydrogen) atoms. The van der Waals surface area contributed by atoms with Gasteiger partial charge in [0.1, 0.15) is 11.9 Å². The number of nitrogens with one attached hydrogen (secondary N) is 1. The van der Waals surface area contributed by atoms with E-state index in [1.807, 2.05) is 0 Å². The summed E-state index contributed by atoms with van der Waals surface area (Å²) >= 11 is 0. The fourth-order valence-corrected chi connectivity index (χ4v) is 4.16. The molecule has 0 aromatic heterocycles. The lowest BCUT2D eigenvalue weighted by molar-refractivity contribution is -0.124. The zero-order valence-corrected chi connectivity index (χ0v) is 20.5. The van der Waals surface area contributed by atoms with E-state index in [1.165, 1.54) is 37.3 Å². The number of halogens is 3. The molecule has 0 aliphatic carbocycles. The Bertz CT molecular complexity index is 1370.